The van der Waals surface area contributed by atoms with Crippen molar-refractivity contribution in [3.8, 4) is 0 Å². The van der Waals surface area contributed by atoms with Gasteiger partial charge in [0, 0.05) is 24.1 Å². The summed E-state index contributed by atoms with van der Waals surface area (Å²) in [6.45, 7) is 3.15. The van der Waals surface area contributed by atoms with Crippen LogP contribution in [0.25, 0.3) is 0 Å². The van der Waals surface area contributed by atoms with Crippen LogP contribution in [0.1, 0.15) is 43.5 Å². The third-order valence-electron chi connectivity index (χ3n) is 4.01. The highest BCUT2D eigenvalue weighted by molar-refractivity contribution is 6.53. The number of anilines is 1. The number of hydrogen-bond donors (Lipinski definition) is 1. The van der Waals surface area contributed by atoms with E-state index in [1.165, 1.54) is 0 Å². The smallest absolute Gasteiger partial charge is 0.315 e. The van der Waals surface area contributed by atoms with Crippen LogP contribution in [0.3, 0.4) is 0 Å². The number of Topliss-reactive ketones (excluding diaryl/α,β-unsaturated/α-hetero) is 1. The third-order valence-corrected chi connectivity index (χ3v) is 5.11. The SMILES string of the molecule is CCCC(=O)Nc1ccc(C(=O)COC(=O)C2(C)CC2(Cl)Cl)cc1. The van der Waals surface area contributed by atoms with Crippen LogP contribution in [0.5, 0.6) is 0 Å². The molecule has 1 aliphatic rings. The van der Waals surface area contributed by atoms with Crippen LogP contribution in [-0.2, 0) is 14.3 Å². The fourth-order valence-electron chi connectivity index (χ4n) is 2.19. The summed E-state index contributed by atoms with van der Waals surface area (Å²) in [5.74, 6) is -0.994. The van der Waals surface area contributed by atoms with Crippen molar-refractivity contribution in [3.05, 3.63) is 29.8 Å². The molecular formula is C17H19Cl2NO4. The van der Waals surface area contributed by atoms with Crippen LogP contribution in [0, 0.1) is 5.41 Å². The van der Waals surface area contributed by atoms with Crippen molar-refractivity contribution in [2.24, 2.45) is 5.41 Å². The van der Waals surface area contributed by atoms with E-state index >= 15 is 0 Å². The van der Waals surface area contributed by atoms with Crippen molar-refractivity contribution in [2.75, 3.05) is 11.9 Å². The molecule has 0 radical (unpaired) electrons. The third kappa shape index (κ3) is 4.08. The first-order valence-corrected chi connectivity index (χ1v) is 8.43. The number of benzene rings is 1. The second kappa shape index (κ2) is 7.11. The lowest BCUT2D eigenvalue weighted by Crippen LogP contribution is -2.24. The molecule has 1 unspecified atom stereocenters. The number of ketones is 1. The molecule has 1 aliphatic carbocycles. The molecule has 5 nitrogen and oxygen atoms in total. The van der Waals surface area contributed by atoms with Crippen LogP contribution in [-0.4, -0.2) is 28.6 Å². The molecule has 1 aromatic carbocycles. The molecule has 0 bridgehead atoms. The summed E-state index contributed by atoms with van der Waals surface area (Å²) in [7, 11) is 0. The van der Waals surface area contributed by atoms with Gasteiger partial charge in [-0.05, 0) is 37.6 Å². The molecule has 1 N–H and O–H groups in total. The van der Waals surface area contributed by atoms with E-state index in [-0.39, 0.29) is 18.3 Å². The standard InChI is InChI=1S/C17H19Cl2NO4/c1-3-4-14(22)20-12-7-5-11(6-8-12)13(21)9-24-15(23)16(2)10-17(16,18)19/h5-8H,3-4,9-10H2,1-2H3,(H,20,22). The van der Waals surface area contributed by atoms with E-state index in [1.54, 1.807) is 31.2 Å². The first-order chi connectivity index (χ1) is 11.2. The van der Waals surface area contributed by atoms with Gasteiger partial charge in [0.15, 0.2) is 12.4 Å². The van der Waals surface area contributed by atoms with E-state index in [9.17, 15) is 14.4 Å². The number of esters is 1. The summed E-state index contributed by atoms with van der Waals surface area (Å²) in [6, 6.07) is 6.41. The molecule has 0 aromatic heterocycles. The largest absolute Gasteiger partial charge is 0.457 e. The highest BCUT2D eigenvalue weighted by Crippen LogP contribution is 2.64. The van der Waals surface area contributed by atoms with E-state index in [1.807, 2.05) is 6.92 Å². The molecule has 1 aromatic rings. The van der Waals surface area contributed by atoms with Crippen molar-refractivity contribution in [2.45, 2.75) is 37.4 Å². The zero-order valence-electron chi connectivity index (χ0n) is 13.5. The first-order valence-electron chi connectivity index (χ1n) is 7.68. The van der Waals surface area contributed by atoms with Crippen molar-refractivity contribution in [3.63, 3.8) is 0 Å². The Morgan fingerprint density at radius 3 is 2.29 bits per heavy atom. The van der Waals surface area contributed by atoms with Crippen LogP contribution in [0.2, 0.25) is 0 Å². The monoisotopic (exact) mass is 371 g/mol. The molecule has 1 saturated carbocycles. The lowest BCUT2D eigenvalue weighted by molar-refractivity contribution is -0.148. The Morgan fingerprint density at radius 1 is 1.21 bits per heavy atom. The maximum Gasteiger partial charge on any atom is 0.315 e. The lowest BCUT2D eigenvalue weighted by atomic mass is 10.1. The van der Waals surface area contributed by atoms with Crippen molar-refractivity contribution >= 4 is 46.5 Å². The Hall–Kier alpha value is -1.59. The summed E-state index contributed by atoms with van der Waals surface area (Å²) in [5, 5.41) is 2.73. The zero-order valence-corrected chi connectivity index (χ0v) is 15.0. The average molecular weight is 372 g/mol. The second-order valence-electron chi connectivity index (χ2n) is 6.09. The molecule has 0 heterocycles. The number of carbonyl (C=O) groups is 3. The minimum absolute atomic E-state index is 0.0752. The first kappa shape index (κ1) is 18.7. The van der Waals surface area contributed by atoms with Gasteiger partial charge in [0.1, 0.15) is 9.75 Å². The van der Waals surface area contributed by atoms with E-state index in [2.05, 4.69) is 5.32 Å². The van der Waals surface area contributed by atoms with Crippen LogP contribution in [0.4, 0.5) is 5.69 Å². The molecule has 7 heteroatoms. The quantitative estimate of drug-likeness (QED) is 0.450. The molecular weight excluding hydrogens is 353 g/mol. The Balaban J connectivity index is 1.87. The fourth-order valence-corrected chi connectivity index (χ4v) is 2.87. The van der Waals surface area contributed by atoms with Gasteiger partial charge in [-0.15, -0.1) is 23.2 Å². The normalized spacial score (nSPS) is 21.0. The number of carbonyl (C=O) groups excluding carboxylic acids is 3. The van der Waals surface area contributed by atoms with E-state index < -0.39 is 15.7 Å². The van der Waals surface area contributed by atoms with Crippen LogP contribution >= 0.6 is 23.2 Å². The summed E-state index contributed by atoms with van der Waals surface area (Å²) in [6.07, 6.45) is 1.51. The van der Waals surface area contributed by atoms with E-state index in [0.29, 0.717) is 24.1 Å². The zero-order chi connectivity index (χ0) is 18.0. The van der Waals surface area contributed by atoms with Gasteiger partial charge in [-0.3, -0.25) is 14.4 Å². The maximum absolute atomic E-state index is 12.1. The number of nitrogens with one attached hydrogen (secondary N) is 1. The van der Waals surface area contributed by atoms with Gasteiger partial charge in [0.2, 0.25) is 5.91 Å². The Labute approximate surface area is 150 Å². The number of ether oxygens (including phenoxy) is 1. The molecule has 1 atom stereocenters. The Kier molecular flexibility index (Phi) is 5.56. The number of halogens is 2. The molecule has 1 amide bonds. The highest BCUT2D eigenvalue weighted by Gasteiger charge is 2.69. The second-order valence-corrected chi connectivity index (χ2v) is 7.57. The van der Waals surface area contributed by atoms with Gasteiger partial charge < -0.3 is 10.1 Å². The van der Waals surface area contributed by atoms with Gasteiger partial charge in [0.25, 0.3) is 0 Å². The van der Waals surface area contributed by atoms with Crippen LogP contribution in [0.15, 0.2) is 24.3 Å². The molecule has 2 rings (SSSR count). The Bertz CT molecular complexity index is 657. The van der Waals surface area contributed by atoms with Crippen molar-refractivity contribution < 1.29 is 19.1 Å². The number of amides is 1. The number of alkyl halides is 2. The molecule has 0 aliphatic heterocycles. The topological polar surface area (TPSA) is 72.5 Å². The minimum atomic E-state index is -1.12. The predicted molar refractivity (Wildman–Crippen MR) is 92.4 cm³/mol. The highest BCUT2D eigenvalue weighted by atomic mass is 35.5. The summed E-state index contributed by atoms with van der Waals surface area (Å²) < 4.78 is 3.90. The fraction of sp³-hybridized carbons (Fsp3) is 0.471. The summed E-state index contributed by atoms with van der Waals surface area (Å²) >= 11 is 11.8. The molecule has 24 heavy (non-hydrogen) atoms. The minimum Gasteiger partial charge on any atom is -0.457 e. The van der Waals surface area contributed by atoms with Gasteiger partial charge in [0.05, 0.1) is 0 Å². The van der Waals surface area contributed by atoms with Crippen LogP contribution < -0.4 is 5.32 Å². The Morgan fingerprint density at radius 2 is 1.79 bits per heavy atom. The van der Waals surface area contributed by atoms with Gasteiger partial charge >= 0.3 is 5.97 Å². The molecule has 130 valence electrons. The van der Waals surface area contributed by atoms with Gasteiger partial charge in [-0.1, -0.05) is 6.92 Å². The number of rotatable bonds is 7. The maximum atomic E-state index is 12.1. The lowest BCUT2D eigenvalue weighted by Gasteiger charge is -2.11. The molecule has 1 fully saturated rings. The van der Waals surface area contributed by atoms with Gasteiger partial charge in [-0.2, -0.15) is 0 Å². The molecule has 0 spiro atoms. The van der Waals surface area contributed by atoms with E-state index in [4.69, 9.17) is 27.9 Å². The van der Waals surface area contributed by atoms with E-state index in [0.717, 1.165) is 6.42 Å². The van der Waals surface area contributed by atoms with Crippen molar-refractivity contribution in [1.29, 1.82) is 0 Å². The average Bonchev–Trinajstić information content (AvgIpc) is 3.05. The summed E-state index contributed by atoms with van der Waals surface area (Å²) in [4.78, 5) is 35.5. The molecule has 0 saturated heterocycles. The summed E-state index contributed by atoms with van der Waals surface area (Å²) in [5.41, 5.74) is 0.0471. The van der Waals surface area contributed by atoms with Gasteiger partial charge in [-0.25, -0.2) is 0 Å². The van der Waals surface area contributed by atoms with Crippen molar-refractivity contribution in [1.82, 2.24) is 0 Å². The predicted octanol–water partition coefficient (Wildman–Crippen LogP) is 3.74. The number of hydrogen-bond acceptors (Lipinski definition) is 4.